The Morgan fingerprint density at radius 3 is 2.14 bits per heavy atom. The molecular formula is C11H18N2O. The minimum Gasteiger partial charge on any atom is -0.496 e. The predicted molar refractivity (Wildman–Crippen MR) is 58.3 cm³/mol. The molecule has 1 aromatic rings. The molecule has 0 saturated carbocycles. The number of rotatable bonds is 2. The lowest BCUT2D eigenvalue weighted by Gasteiger charge is -2.18. The Labute approximate surface area is 85.0 Å². The van der Waals surface area contributed by atoms with Crippen LogP contribution >= 0.6 is 0 Å². The van der Waals surface area contributed by atoms with Crippen molar-refractivity contribution in [1.29, 1.82) is 0 Å². The Morgan fingerprint density at radius 1 is 1.14 bits per heavy atom. The van der Waals surface area contributed by atoms with Crippen molar-refractivity contribution in [2.24, 2.45) is 11.5 Å². The summed E-state index contributed by atoms with van der Waals surface area (Å²) in [5.41, 5.74) is 15.7. The molecule has 3 nitrogen and oxygen atoms in total. The Balaban J connectivity index is 3.47. The lowest BCUT2D eigenvalue weighted by molar-refractivity contribution is 0.402. The molecule has 0 fully saturated rings. The van der Waals surface area contributed by atoms with E-state index in [1.165, 1.54) is 5.56 Å². The average Bonchev–Trinajstić information content (AvgIpc) is 2.09. The largest absolute Gasteiger partial charge is 0.496 e. The molecular weight excluding hydrogens is 176 g/mol. The van der Waals surface area contributed by atoms with Crippen LogP contribution in [0.5, 0.6) is 5.75 Å². The van der Waals surface area contributed by atoms with E-state index in [0.717, 1.165) is 22.4 Å². The highest BCUT2D eigenvalue weighted by Gasteiger charge is 2.15. The maximum absolute atomic E-state index is 5.71. The van der Waals surface area contributed by atoms with Crippen LogP contribution in [0.25, 0.3) is 0 Å². The number of ether oxygens (including phenoxy) is 1. The van der Waals surface area contributed by atoms with Crippen LogP contribution in [0, 0.1) is 20.8 Å². The van der Waals surface area contributed by atoms with Gasteiger partial charge in [0.05, 0.1) is 13.3 Å². The highest BCUT2D eigenvalue weighted by atomic mass is 16.5. The lowest BCUT2D eigenvalue weighted by atomic mass is 9.97. The quantitative estimate of drug-likeness (QED) is 0.702. The first-order valence-corrected chi connectivity index (χ1v) is 4.65. The maximum Gasteiger partial charge on any atom is 0.128 e. The molecule has 0 amide bonds. The van der Waals surface area contributed by atoms with Crippen molar-refractivity contribution in [3.8, 4) is 5.75 Å². The number of methoxy groups -OCH3 is 1. The second-order valence-electron chi connectivity index (χ2n) is 3.61. The Bertz CT molecular complexity index is 346. The molecule has 14 heavy (non-hydrogen) atoms. The molecule has 3 heteroatoms. The molecule has 0 heterocycles. The van der Waals surface area contributed by atoms with Crippen molar-refractivity contribution in [3.05, 3.63) is 28.3 Å². The Morgan fingerprint density at radius 2 is 1.71 bits per heavy atom. The van der Waals surface area contributed by atoms with E-state index >= 15 is 0 Å². The standard InChI is InChI=1S/C11H18N2O/c1-6-5-7(2)9(11(12)13)10(14-4)8(6)3/h5,11H,12-13H2,1-4H3. The minimum atomic E-state index is -0.482. The fourth-order valence-electron chi connectivity index (χ4n) is 1.75. The van der Waals surface area contributed by atoms with Gasteiger partial charge in [-0.2, -0.15) is 0 Å². The predicted octanol–water partition coefficient (Wildman–Crippen LogP) is 1.54. The molecule has 0 spiro atoms. The molecule has 1 aromatic carbocycles. The maximum atomic E-state index is 5.71. The van der Waals surface area contributed by atoms with Crippen LogP contribution in [-0.2, 0) is 0 Å². The van der Waals surface area contributed by atoms with E-state index < -0.39 is 6.17 Å². The molecule has 0 aliphatic rings. The highest BCUT2D eigenvalue weighted by molar-refractivity contribution is 5.50. The number of hydrogen-bond donors (Lipinski definition) is 2. The van der Waals surface area contributed by atoms with E-state index in [1.54, 1.807) is 7.11 Å². The van der Waals surface area contributed by atoms with Gasteiger partial charge in [0.25, 0.3) is 0 Å². The first-order chi connectivity index (χ1) is 6.49. The summed E-state index contributed by atoms with van der Waals surface area (Å²) in [7, 11) is 1.65. The van der Waals surface area contributed by atoms with Crippen molar-refractivity contribution in [1.82, 2.24) is 0 Å². The minimum absolute atomic E-state index is 0.482. The Hall–Kier alpha value is -1.06. The third kappa shape index (κ3) is 1.74. The van der Waals surface area contributed by atoms with Crippen LogP contribution in [0.15, 0.2) is 6.07 Å². The zero-order valence-electron chi connectivity index (χ0n) is 9.22. The van der Waals surface area contributed by atoms with Gasteiger partial charge in [-0.25, -0.2) is 0 Å². The van der Waals surface area contributed by atoms with E-state index in [0.29, 0.717) is 0 Å². The second-order valence-corrected chi connectivity index (χ2v) is 3.61. The highest BCUT2D eigenvalue weighted by Crippen LogP contribution is 2.31. The third-order valence-corrected chi connectivity index (χ3v) is 2.57. The summed E-state index contributed by atoms with van der Waals surface area (Å²) in [4.78, 5) is 0. The third-order valence-electron chi connectivity index (χ3n) is 2.57. The van der Waals surface area contributed by atoms with Crippen LogP contribution in [0.1, 0.15) is 28.4 Å². The molecule has 0 aromatic heterocycles. The van der Waals surface area contributed by atoms with Gasteiger partial charge in [-0.1, -0.05) is 6.07 Å². The number of nitrogens with two attached hydrogens (primary N) is 2. The van der Waals surface area contributed by atoms with Crippen molar-refractivity contribution in [2.45, 2.75) is 26.9 Å². The number of hydrogen-bond acceptors (Lipinski definition) is 3. The molecule has 0 unspecified atom stereocenters. The van der Waals surface area contributed by atoms with E-state index in [-0.39, 0.29) is 0 Å². The summed E-state index contributed by atoms with van der Waals surface area (Å²) in [5, 5.41) is 0. The summed E-state index contributed by atoms with van der Waals surface area (Å²) < 4.78 is 5.34. The van der Waals surface area contributed by atoms with E-state index in [1.807, 2.05) is 13.8 Å². The van der Waals surface area contributed by atoms with Gasteiger partial charge in [-0.15, -0.1) is 0 Å². The normalized spacial score (nSPS) is 10.8. The molecule has 0 atom stereocenters. The summed E-state index contributed by atoms with van der Waals surface area (Å²) >= 11 is 0. The van der Waals surface area contributed by atoms with E-state index in [4.69, 9.17) is 16.2 Å². The molecule has 0 radical (unpaired) electrons. The lowest BCUT2D eigenvalue weighted by Crippen LogP contribution is -2.22. The van der Waals surface area contributed by atoms with Gasteiger partial charge >= 0.3 is 0 Å². The fourth-order valence-corrected chi connectivity index (χ4v) is 1.75. The Kier molecular flexibility index (Phi) is 3.13. The molecule has 0 bridgehead atoms. The van der Waals surface area contributed by atoms with Crippen LogP contribution in [-0.4, -0.2) is 7.11 Å². The van der Waals surface area contributed by atoms with Crippen molar-refractivity contribution in [3.63, 3.8) is 0 Å². The number of aryl methyl sites for hydroxylation is 2. The first kappa shape index (κ1) is 11.0. The topological polar surface area (TPSA) is 61.3 Å². The molecule has 4 N–H and O–H groups in total. The fraction of sp³-hybridized carbons (Fsp3) is 0.455. The summed E-state index contributed by atoms with van der Waals surface area (Å²) in [6, 6.07) is 2.08. The smallest absolute Gasteiger partial charge is 0.128 e. The van der Waals surface area contributed by atoms with Gasteiger partial charge in [-0.05, 0) is 37.5 Å². The number of benzene rings is 1. The summed E-state index contributed by atoms with van der Waals surface area (Å²) in [6.45, 7) is 6.06. The average molecular weight is 194 g/mol. The van der Waals surface area contributed by atoms with Gasteiger partial charge in [0.2, 0.25) is 0 Å². The zero-order chi connectivity index (χ0) is 10.9. The van der Waals surface area contributed by atoms with Crippen LogP contribution < -0.4 is 16.2 Å². The van der Waals surface area contributed by atoms with Gasteiger partial charge in [0.15, 0.2) is 0 Å². The van der Waals surface area contributed by atoms with Crippen molar-refractivity contribution >= 4 is 0 Å². The van der Waals surface area contributed by atoms with Crippen LogP contribution in [0.3, 0.4) is 0 Å². The van der Waals surface area contributed by atoms with E-state index in [9.17, 15) is 0 Å². The van der Waals surface area contributed by atoms with E-state index in [2.05, 4.69) is 13.0 Å². The second kappa shape index (κ2) is 3.98. The van der Waals surface area contributed by atoms with Gasteiger partial charge < -0.3 is 16.2 Å². The molecule has 1 rings (SSSR count). The first-order valence-electron chi connectivity index (χ1n) is 4.65. The SMILES string of the molecule is COc1c(C)c(C)cc(C)c1C(N)N. The molecule has 0 aliphatic carbocycles. The van der Waals surface area contributed by atoms with Crippen molar-refractivity contribution in [2.75, 3.05) is 7.11 Å². The monoisotopic (exact) mass is 194 g/mol. The van der Waals surface area contributed by atoms with Gasteiger partial charge in [0.1, 0.15) is 5.75 Å². The summed E-state index contributed by atoms with van der Waals surface area (Å²) in [6.07, 6.45) is -0.482. The summed E-state index contributed by atoms with van der Waals surface area (Å²) in [5.74, 6) is 0.817. The van der Waals surface area contributed by atoms with Gasteiger partial charge in [0, 0.05) is 5.56 Å². The van der Waals surface area contributed by atoms with Crippen molar-refractivity contribution < 1.29 is 4.74 Å². The molecule has 0 aliphatic heterocycles. The van der Waals surface area contributed by atoms with Crippen LogP contribution in [0.4, 0.5) is 0 Å². The molecule has 78 valence electrons. The molecule has 0 saturated heterocycles. The zero-order valence-corrected chi connectivity index (χ0v) is 9.22. The van der Waals surface area contributed by atoms with Crippen LogP contribution in [0.2, 0.25) is 0 Å². The van der Waals surface area contributed by atoms with Gasteiger partial charge in [-0.3, -0.25) is 0 Å².